The number of rotatable bonds is 6. The molecule has 7 heteroatoms. The van der Waals surface area contributed by atoms with E-state index in [1.807, 2.05) is 0 Å². The van der Waals surface area contributed by atoms with Crippen LogP contribution in [0.25, 0.3) is 11.3 Å². The lowest BCUT2D eigenvalue weighted by atomic mass is 10.1. The molecule has 0 radical (unpaired) electrons. The van der Waals surface area contributed by atoms with Crippen molar-refractivity contribution in [3.63, 3.8) is 0 Å². The van der Waals surface area contributed by atoms with E-state index in [0.29, 0.717) is 23.6 Å². The van der Waals surface area contributed by atoms with E-state index < -0.39 is 6.61 Å². The van der Waals surface area contributed by atoms with Gasteiger partial charge >= 0.3 is 6.61 Å². The van der Waals surface area contributed by atoms with Gasteiger partial charge in [-0.25, -0.2) is 0 Å². The summed E-state index contributed by atoms with van der Waals surface area (Å²) >= 11 is 0. The van der Waals surface area contributed by atoms with E-state index in [1.54, 1.807) is 24.3 Å². The predicted molar refractivity (Wildman–Crippen MR) is 79.1 cm³/mol. The Morgan fingerprint density at radius 2 is 2.22 bits per heavy atom. The fraction of sp³-hybridized carbons (Fsp3) is 0.438. The average Bonchev–Trinajstić information content (AvgIpc) is 3.17. The molecule has 2 heterocycles. The summed E-state index contributed by atoms with van der Waals surface area (Å²) in [6.45, 7) is -1.34. The van der Waals surface area contributed by atoms with Gasteiger partial charge in [-0.3, -0.25) is 4.90 Å². The molecule has 0 spiro atoms. The van der Waals surface area contributed by atoms with Gasteiger partial charge < -0.3 is 14.4 Å². The lowest BCUT2D eigenvalue weighted by Crippen LogP contribution is -2.31. The highest BCUT2D eigenvalue weighted by atomic mass is 19.3. The Morgan fingerprint density at radius 3 is 3.00 bits per heavy atom. The van der Waals surface area contributed by atoms with Crippen LogP contribution in [0.1, 0.15) is 18.6 Å². The van der Waals surface area contributed by atoms with Crippen LogP contribution in [0.4, 0.5) is 8.78 Å². The number of aliphatic hydroxyl groups excluding tert-OH is 1. The third kappa shape index (κ3) is 3.68. The van der Waals surface area contributed by atoms with Crippen LogP contribution in [0.15, 0.2) is 34.9 Å². The van der Waals surface area contributed by atoms with E-state index in [0.717, 1.165) is 19.4 Å². The summed E-state index contributed by atoms with van der Waals surface area (Å²) in [7, 11) is 0. The normalized spacial score (nSPS) is 18.7. The van der Waals surface area contributed by atoms with Crippen LogP contribution < -0.4 is 4.74 Å². The Morgan fingerprint density at radius 1 is 1.39 bits per heavy atom. The summed E-state index contributed by atoms with van der Waals surface area (Å²) < 4.78 is 34.8. The Bertz CT molecular complexity index is 648. The van der Waals surface area contributed by atoms with E-state index in [-0.39, 0.29) is 18.4 Å². The second-order valence-corrected chi connectivity index (χ2v) is 5.50. The number of benzene rings is 1. The van der Waals surface area contributed by atoms with Crippen LogP contribution in [0.2, 0.25) is 0 Å². The van der Waals surface area contributed by atoms with Gasteiger partial charge in [0.1, 0.15) is 11.4 Å². The third-order valence-electron chi connectivity index (χ3n) is 4.01. The summed E-state index contributed by atoms with van der Waals surface area (Å²) in [6, 6.07) is 8.34. The van der Waals surface area contributed by atoms with Crippen molar-refractivity contribution in [1.82, 2.24) is 10.1 Å². The fourth-order valence-corrected chi connectivity index (χ4v) is 2.90. The van der Waals surface area contributed by atoms with Gasteiger partial charge in [0.15, 0.2) is 5.76 Å². The standard InChI is InChI=1S/C16H18F2N2O3/c17-16(18)22-15-6-2-1-5-13(15)14-8-12(23-19-14)9-20-7-3-4-11(20)10-21/h1-2,5-6,8,11,16,21H,3-4,7,9-10H2. The highest BCUT2D eigenvalue weighted by Gasteiger charge is 2.25. The van der Waals surface area contributed by atoms with Crippen LogP contribution >= 0.6 is 0 Å². The van der Waals surface area contributed by atoms with Gasteiger partial charge in [-0.05, 0) is 31.5 Å². The molecule has 1 saturated heterocycles. The van der Waals surface area contributed by atoms with Gasteiger partial charge in [0.05, 0.1) is 13.2 Å². The SMILES string of the molecule is OCC1CCCN1Cc1cc(-c2ccccc2OC(F)F)no1. The number of hydrogen-bond acceptors (Lipinski definition) is 5. The lowest BCUT2D eigenvalue weighted by Gasteiger charge is -2.20. The fourth-order valence-electron chi connectivity index (χ4n) is 2.90. The maximum Gasteiger partial charge on any atom is 0.387 e. The summed E-state index contributed by atoms with van der Waals surface area (Å²) in [5.74, 6) is 0.698. The monoisotopic (exact) mass is 324 g/mol. The summed E-state index contributed by atoms with van der Waals surface area (Å²) in [4.78, 5) is 2.13. The minimum Gasteiger partial charge on any atom is -0.434 e. The van der Waals surface area contributed by atoms with Crippen LogP contribution in [-0.2, 0) is 6.54 Å². The first kappa shape index (κ1) is 15.9. The number of halogens is 2. The number of nitrogens with zero attached hydrogens (tertiary/aromatic N) is 2. The smallest absolute Gasteiger partial charge is 0.387 e. The van der Waals surface area contributed by atoms with Crippen molar-refractivity contribution in [2.75, 3.05) is 13.2 Å². The number of hydrogen-bond donors (Lipinski definition) is 1. The van der Waals surface area contributed by atoms with Crippen molar-refractivity contribution in [1.29, 1.82) is 0 Å². The van der Waals surface area contributed by atoms with Gasteiger partial charge in [0.2, 0.25) is 0 Å². The van der Waals surface area contributed by atoms with Gasteiger partial charge in [-0.15, -0.1) is 0 Å². The molecule has 0 aliphatic carbocycles. The van der Waals surface area contributed by atoms with Crippen molar-refractivity contribution in [3.05, 3.63) is 36.1 Å². The summed E-state index contributed by atoms with van der Waals surface area (Å²) in [5.41, 5.74) is 0.916. The topological polar surface area (TPSA) is 58.7 Å². The Hall–Kier alpha value is -1.99. The van der Waals surface area contributed by atoms with Gasteiger partial charge in [-0.1, -0.05) is 17.3 Å². The van der Waals surface area contributed by atoms with Gasteiger partial charge in [-0.2, -0.15) is 8.78 Å². The van der Waals surface area contributed by atoms with Crippen molar-refractivity contribution < 1.29 is 23.1 Å². The minimum atomic E-state index is -2.89. The van der Waals surface area contributed by atoms with Gasteiger partial charge in [0, 0.05) is 17.7 Å². The van der Waals surface area contributed by atoms with Crippen molar-refractivity contribution in [3.8, 4) is 17.0 Å². The molecule has 3 rings (SSSR count). The first-order valence-corrected chi connectivity index (χ1v) is 7.52. The molecule has 0 saturated carbocycles. The Kier molecular flexibility index (Phi) is 4.88. The number of aromatic nitrogens is 1. The first-order valence-electron chi connectivity index (χ1n) is 7.52. The number of alkyl halides is 2. The number of likely N-dealkylation sites (tertiary alicyclic amines) is 1. The molecule has 1 unspecified atom stereocenters. The second kappa shape index (κ2) is 7.06. The van der Waals surface area contributed by atoms with Crippen molar-refractivity contribution in [2.45, 2.75) is 32.0 Å². The molecular formula is C16H18F2N2O3. The Balaban J connectivity index is 1.77. The molecular weight excluding hydrogens is 306 g/mol. The molecule has 1 aromatic heterocycles. The number of aliphatic hydroxyl groups is 1. The highest BCUT2D eigenvalue weighted by Crippen LogP contribution is 2.31. The van der Waals surface area contributed by atoms with Gasteiger partial charge in [0.25, 0.3) is 0 Å². The van der Waals surface area contributed by atoms with E-state index in [2.05, 4.69) is 14.8 Å². The van der Waals surface area contributed by atoms with E-state index in [4.69, 9.17) is 4.52 Å². The number of para-hydroxylation sites is 1. The second-order valence-electron chi connectivity index (χ2n) is 5.50. The van der Waals surface area contributed by atoms with E-state index in [9.17, 15) is 13.9 Å². The minimum absolute atomic E-state index is 0.0664. The van der Waals surface area contributed by atoms with Crippen LogP contribution in [0.5, 0.6) is 5.75 Å². The van der Waals surface area contributed by atoms with Crippen LogP contribution in [0.3, 0.4) is 0 Å². The molecule has 1 aromatic carbocycles. The summed E-state index contributed by atoms with van der Waals surface area (Å²) in [6.07, 6.45) is 2.00. The van der Waals surface area contributed by atoms with Crippen LogP contribution in [0, 0.1) is 0 Å². The molecule has 124 valence electrons. The number of ether oxygens (including phenoxy) is 1. The van der Waals surface area contributed by atoms with Crippen molar-refractivity contribution in [2.24, 2.45) is 0 Å². The lowest BCUT2D eigenvalue weighted by molar-refractivity contribution is -0.0494. The molecule has 23 heavy (non-hydrogen) atoms. The predicted octanol–water partition coefficient (Wildman–Crippen LogP) is 2.90. The zero-order valence-electron chi connectivity index (χ0n) is 12.5. The first-order chi connectivity index (χ1) is 11.2. The van der Waals surface area contributed by atoms with E-state index >= 15 is 0 Å². The van der Waals surface area contributed by atoms with Crippen molar-refractivity contribution >= 4 is 0 Å². The zero-order chi connectivity index (χ0) is 16.2. The molecule has 1 aliphatic heterocycles. The quantitative estimate of drug-likeness (QED) is 0.885. The maximum atomic E-state index is 12.5. The average molecular weight is 324 g/mol. The molecule has 1 fully saturated rings. The molecule has 2 aromatic rings. The van der Waals surface area contributed by atoms with E-state index in [1.165, 1.54) is 6.07 Å². The molecule has 1 atom stereocenters. The molecule has 5 nitrogen and oxygen atoms in total. The molecule has 0 bridgehead atoms. The molecule has 1 aliphatic rings. The highest BCUT2D eigenvalue weighted by molar-refractivity contribution is 5.66. The molecule has 1 N–H and O–H groups in total. The Labute approximate surface area is 132 Å². The maximum absolute atomic E-state index is 12.5. The zero-order valence-corrected chi connectivity index (χ0v) is 12.5. The largest absolute Gasteiger partial charge is 0.434 e. The van der Waals surface area contributed by atoms with Crippen LogP contribution in [-0.4, -0.2) is 41.0 Å². The molecule has 0 amide bonds. The third-order valence-corrected chi connectivity index (χ3v) is 4.01. The summed E-state index contributed by atoms with van der Waals surface area (Å²) in [5, 5.41) is 13.3.